The van der Waals surface area contributed by atoms with Crippen molar-refractivity contribution >= 4 is 17.6 Å². The predicted molar refractivity (Wildman–Crippen MR) is 79.0 cm³/mol. The first-order chi connectivity index (χ1) is 10.6. The fourth-order valence-corrected chi connectivity index (χ4v) is 2.08. The number of carbonyl (C=O) groups excluding carboxylic acids is 1. The first-order valence-electron chi connectivity index (χ1n) is 6.69. The van der Waals surface area contributed by atoms with Crippen molar-refractivity contribution in [3.63, 3.8) is 0 Å². The number of alkyl halides is 2. The highest BCUT2D eigenvalue weighted by molar-refractivity contribution is 6.29. The van der Waals surface area contributed by atoms with Gasteiger partial charge >= 0.3 is 5.97 Å². The number of carbonyl (C=O) groups is 1. The summed E-state index contributed by atoms with van der Waals surface area (Å²) in [5.74, 6) is -0.824. The van der Waals surface area contributed by atoms with Gasteiger partial charge in [0.2, 0.25) is 0 Å². The molecule has 0 atom stereocenters. The molecule has 23 heavy (non-hydrogen) atoms. The fraction of sp³-hybridized carbons (Fsp3) is 0.429. The lowest BCUT2D eigenvalue weighted by Crippen LogP contribution is -2.25. The van der Waals surface area contributed by atoms with Gasteiger partial charge in [-0.2, -0.15) is 5.10 Å². The normalized spacial score (nSPS) is 11.8. The third-order valence-corrected chi connectivity index (χ3v) is 2.95. The van der Waals surface area contributed by atoms with E-state index in [0.717, 1.165) is 11.0 Å². The second kappa shape index (κ2) is 6.19. The molecule has 0 amide bonds. The predicted octanol–water partition coefficient (Wildman–Crippen LogP) is 3.52. The zero-order valence-corrected chi connectivity index (χ0v) is 13.7. The van der Waals surface area contributed by atoms with E-state index in [0.29, 0.717) is 0 Å². The van der Waals surface area contributed by atoms with Gasteiger partial charge in [0.05, 0.1) is 5.69 Å². The quantitative estimate of drug-likeness (QED) is 0.629. The minimum atomic E-state index is -2.95. The molecule has 2 heterocycles. The monoisotopic (exact) mass is 344 g/mol. The largest absolute Gasteiger partial charge is 0.456 e. The zero-order chi connectivity index (χ0) is 17.4. The Labute approximate surface area is 136 Å². The van der Waals surface area contributed by atoms with Crippen LogP contribution in [0.5, 0.6) is 0 Å². The minimum absolute atomic E-state index is 0.0400. The van der Waals surface area contributed by atoms with E-state index in [2.05, 4.69) is 15.1 Å². The molecule has 0 spiro atoms. The lowest BCUT2D eigenvalue weighted by atomic mass is 10.1. The maximum absolute atomic E-state index is 13.5. The van der Waals surface area contributed by atoms with Crippen LogP contribution in [0.2, 0.25) is 5.15 Å². The van der Waals surface area contributed by atoms with E-state index in [1.54, 1.807) is 20.8 Å². The van der Waals surface area contributed by atoms with E-state index in [-0.39, 0.29) is 22.2 Å². The Bertz CT molecular complexity index is 741. The van der Waals surface area contributed by atoms with Crippen LogP contribution in [0.1, 0.15) is 48.9 Å². The maximum Gasteiger partial charge on any atom is 0.342 e. The molecule has 0 aliphatic rings. The summed E-state index contributed by atoms with van der Waals surface area (Å²) in [6, 6.07) is 1.28. The van der Waals surface area contributed by atoms with Gasteiger partial charge in [0.15, 0.2) is 5.82 Å². The Hall–Kier alpha value is -2.09. The van der Waals surface area contributed by atoms with Gasteiger partial charge in [0, 0.05) is 6.07 Å². The summed E-state index contributed by atoms with van der Waals surface area (Å²) in [7, 11) is 0. The molecule has 0 aliphatic carbocycles. The van der Waals surface area contributed by atoms with Crippen LogP contribution in [-0.2, 0) is 4.74 Å². The first kappa shape index (κ1) is 17.3. The molecule has 0 N–H and O–H groups in total. The molecule has 0 aliphatic heterocycles. The average molecular weight is 345 g/mol. The second-order valence-corrected chi connectivity index (χ2v) is 6.15. The maximum atomic E-state index is 13.5. The number of aryl methyl sites for hydroxylation is 1. The molecule has 9 heteroatoms. The van der Waals surface area contributed by atoms with Crippen molar-refractivity contribution in [2.24, 2.45) is 0 Å². The Kier molecular flexibility index (Phi) is 4.65. The number of halogens is 3. The molecule has 0 saturated heterocycles. The van der Waals surface area contributed by atoms with Crippen LogP contribution in [0, 0.1) is 6.92 Å². The Balaban J connectivity index is 2.59. The van der Waals surface area contributed by atoms with Gasteiger partial charge in [-0.05, 0) is 27.7 Å². The number of nitrogens with zero attached hydrogens (tertiary/aromatic N) is 4. The summed E-state index contributed by atoms with van der Waals surface area (Å²) in [6.07, 6.45) is -1.83. The van der Waals surface area contributed by atoms with E-state index in [1.807, 2.05) is 0 Å². The number of hydrogen-bond acceptors (Lipinski definition) is 5. The van der Waals surface area contributed by atoms with Crippen LogP contribution >= 0.6 is 11.6 Å². The smallest absolute Gasteiger partial charge is 0.342 e. The second-order valence-electron chi connectivity index (χ2n) is 5.76. The fourth-order valence-electron chi connectivity index (χ4n) is 1.94. The molecule has 6 nitrogen and oxygen atoms in total. The van der Waals surface area contributed by atoms with Crippen LogP contribution < -0.4 is 0 Å². The number of hydrogen-bond donors (Lipinski definition) is 0. The van der Waals surface area contributed by atoms with E-state index < -0.39 is 23.7 Å². The summed E-state index contributed by atoms with van der Waals surface area (Å²) in [6.45, 7) is 6.40. The lowest BCUT2D eigenvalue weighted by Gasteiger charge is -2.19. The highest BCUT2D eigenvalue weighted by atomic mass is 35.5. The highest BCUT2D eigenvalue weighted by Gasteiger charge is 2.31. The van der Waals surface area contributed by atoms with Crippen molar-refractivity contribution < 1.29 is 18.3 Å². The van der Waals surface area contributed by atoms with Gasteiger partial charge in [-0.1, -0.05) is 11.6 Å². The van der Waals surface area contributed by atoms with Crippen molar-refractivity contribution in [3.8, 4) is 5.82 Å². The molecule has 2 rings (SSSR count). The Morgan fingerprint density at radius 1 is 1.35 bits per heavy atom. The van der Waals surface area contributed by atoms with Crippen LogP contribution in [-0.4, -0.2) is 31.3 Å². The van der Waals surface area contributed by atoms with Crippen molar-refractivity contribution in [3.05, 3.63) is 34.5 Å². The molecule has 2 aromatic heterocycles. The molecule has 0 unspecified atom stereocenters. The third kappa shape index (κ3) is 3.82. The lowest BCUT2D eigenvalue weighted by molar-refractivity contribution is 0.00607. The molecule has 0 saturated carbocycles. The van der Waals surface area contributed by atoms with Crippen molar-refractivity contribution in [1.82, 2.24) is 19.7 Å². The number of aromatic nitrogens is 4. The number of ether oxygens (including phenoxy) is 1. The van der Waals surface area contributed by atoms with Gasteiger partial charge in [-0.3, -0.25) is 0 Å². The van der Waals surface area contributed by atoms with Crippen LogP contribution in [0.25, 0.3) is 5.82 Å². The van der Waals surface area contributed by atoms with Crippen molar-refractivity contribution in [1.29, 1.82) is 0 Å². The summed E-state index contributed by atoms with van der Waals surface area (Å²) >= 11 is 5.75. The van der Waals surface area contributed by atoms with E-state index in [1.165, 1.54) is 13.0 Å². The molecule has 0 aromatic carbocycles. The van der Waals surface area contributed by atoms with Gasteiger partial charge < -0.3 is 4.74 Å². The number of rotatable bonds is 3. The van der Waals surface area contributed by atoms with E-state index in [4.69, 9.17) is 16.3 Å². The van der Waals surface area contributed by atoms with Gasteiger partial charge in [-0.25, -0.2) is 28.2 Å². The summed E-state index contributed by atoms with van der Waals surface area (Å²) in [5.41, 5.74) is -1.57. The Morgan fingerprint density at radius 2 is 2.00 bits per heavy atom. The summed E-state index contributed by atoms with van der Waals surface area (Å²) in [4.78, 5) is 19.8. The SMILES string of the molecule is Cc1nn(-c2cc(Cl)ncn2)c(C(F)F)c1C(=O)OC(C)(C)C. The van der Waals surface area contributed by atoms with Crippen molar-refractivity contribution in [2.45, 2.75) is 39.7 Å². The van der Waals surface area contributed by atoms with Crippen LogP contribution in [0.15, 0.2) is 12.4 Å². The summed E-state index contributed by atoms with van der Waals surface area (Å²) < 4.78 is 33.1. The van der Waals surface area contributed by atoms with Crippen LogP contribution in [0.4, 0.5) is 8.78 Å². The average Bonchev–Trinajstić information content (AvgIpc) is 2.74. The van der Waals surface area contributed by atoms with Crippen LogP contribution in [0.3, 0.4) is 0 Å². The van der Waals surface area contributed by atoms with Gasteiger partial charge in [0.1, 0.15) is 28.3 Å². The third-order valence-electron chi connectivity index (χ3n) is 2.74. The zero-order valence-electron chi connectivity index (χ0n) is 13.0. The molecular formula is C14H15ClF2N4O2. The molecular weight excluding hydrogens is 330 g/mol. The summed E-state index contributed by atoms with van der Waals surface area (Å²) in [5, 5.41) is 4.05. The Morgan fingerprint density at radius 3 is 2.52 bits per heavy atom. The standard InChI is InChI=1S/C14H15ClF2N4O2/c1-7-10(13(22)23-14(2,3)4)11(12(16)17)21(20-7)9-5-8(15)18-6-19-9/h5-6,12H,1-4H3. The number of esters is 1. The van der Waals surface area contributed by atoms with E-state index in [9.17, 15) is 13.6 Å². The highest BCUT2D eigenvalue weighted by Crippen LogP contribution is 2.29. The van der Waals surface area contributed by atoms with Gasteiger partial charge in [-0.15, -0.1) is 0 Å². The molecule has 0 bridgehead atoms. The minimum Gasteiger partial charge on any atom is -0.456 e. The molecule has 2 aromatic rings. The topological polar surface area (TPSA) is 69.9 Å². The molecule has 0 fully saturated rings. The van der Waals surface area contributed by atoms with Gasteiger partial charge in [0.25, 0.3) is 6.43 Å². The van der Waals surface area contributed by atoms with E-state index >= 15 is 0 Å². The molecule has 0 radical (unpaired) electrons. The first-order valence-corrected chi connectivity index (χ1v) is 7.07. The van der Waals surface area contributed by atoms with Crippen molar-refractivity contribution in [2.75, 3.05) is 0 Å². The molecule has 124 valence electrons.